The normalized spacial score (nSPS) is 13.6. The molecule has 0 radical (unpaired) electrons. The van der Waals surface area contributed by atoms with Crippen LogP contribution in [0.1, 0.15) is 62.3 Å². The minimum Gasteiger partial charge on any atom is -0.456 e. The van der Waals surface area contributed by atoms with E-state index in [0.29, 0.717) is 12.1 Å². The molecule has 1 fully saturated rings. The van der Waals surface area contributed by atoms with E-state index in [1.165, 1.54) is 0 Å². The van der Waals surface area contributed by atoms with Crippen LogP contribution in [0.5, 0.6) is 0 Å². The van der Waals surface area contributed by atoms with Crippen LogP contribution < -0.4 is 5.32 Å². The Labute approximate surface area is 229 Å². The Morgan fingerprint density at radius 2 is 1.69 bits per heavy atom. The topological polar surface area (TPSA) is 76.5 Å². The van der Waals surface area contributed by atoms with Gasteiger partial charge in [0.15, 0.2) is 0 Å². The van der Waals surface area contributed by atoms with E-state index in [2.05, 4.69) is 28.9 Å². The number of imidazole rings is 1. The number of nitrogens with one attached hydrogen (secondary N) is 1. The van der Waals surface area contributed by atoms with E-state index >= 15 is 0 Å². The molecule has 1 saturated heterocycles. The van der Waals surface area contributed by atoms with Crippen molar-refractivity contribution >= 4 is 28.7 Å². The maximum Gasteiger partial charge on any atom is 0.339 e. The Morgan fingerprint density at radius 1 is 0.974 bits per heavy atom. The Bertz CT molecular complexity index is 1490. The lowest BCUT2D eigenvalue weighted by Gasteiger charge is -2.20. The Morgan fingerprint density at radius 3 is 2.38 bits per heavy atom. The zero-order chi connectivity index (χ0) is 27.6. The molecule has 0 atom stereocenters. The van der Waals surface area contributed by atoms with E-state index in [1.807, 2.05) is 80.3 Å². The number of amides is 2. The quantitative estimate of drug-likeness (QED) is 0.279. The van der Waals surface area contributed by atoms with E-state index in [4.69, 9.17) is 9.72 Å². The van der Waals surface area contributed by atoms with Crippen LogP contribution in [0.3, 0.4) is 0 Å². The first kappa shape index (κ1) is 26.5. The van der Waals surface area contributed by atoms with Crippen LogP contribution in [0, 0.1) is 0 Å². The van der Waals surface area contributed by atoms with Crippen molar-refractivity contribution in [2.45, 2.75) is 59.1 Å². The summed E-state index contributed by atoms with van der Waals surface area (Å²) in [6.45, 7) is 9.99. The van der Waals surface area contributed by atoms with Crippen molar-refractivity contribution in [1.29, 1.82) is 0 Å². The van der Waals surface area contributed by atoms with Gasteiger partial charge in [-0.25, -0.2) is 14.6 Å². The fourth-order valence-electron chi connectivity index (χ4n) is 5.04. The predicted octanol–water partition coefficient (Wildman–Crippen LogP) is 6.90. The fourth-order valence-corrected chi connectivity index (χ4v) is 5.04. The molecule has 7 heteroatoms. The van der Waals surface area contributed by atoms with Crippen molar-refractivity contribution in [2.24, 2.45) is 0 Å². The smallest absolute Gasteiger partial charge is 0.339 e. The van der Waals surface area contributed by atoms with Crippen LogP contribution in [0.4, 0.5) is 10.5 Å². The highest BCUT2D eigenvalue weighted by molar-refractivity contribution is 5.97. The third kappa shape index (κ3) is 5.98. The summed E-state index contributed by atoms with van der Waals surface area (Å²) in [7, 11) is 0. The summed E-state index contributed by atoms with van der Waals surface area (Å²) in [5.74, 6) is 0.666. The van der Waals surface area contributed by atoms with Crippen molar-refractivity contribution in [3.63, 3.8) is 0 Å². The lowest BCUT2D eigenvalue weighted by atomic mass is 9.98. The van der Waals surface area contributed by atoms with E-state index in [9.17, 15) is 9.59 Å². The zero-order valence-electron chi connectivity index (χ0n) is 23.2. The van der Waals surface area contributed by atoms with Crippen molar-refractivity contribution in [3.05, 3.63) is 83.7 Å². The molecule has 39 heavy (non-hydrogen) atoms. The van der Waals surface area contributed by atoms with Crippen LogP contribution in [-0.2, 0) is 17.7 Å². The van der Waals surface area contributed by atoms with E-state index < -0.39 is 5.60 Å². The minimum absolute atomic E-state index is 0.0455. The summed E-state index contributed by atoms with van der Waals surface area (Å²) >= 11 is 0. The Balaban J connectivity index is 1.39. The maximum absolute atomic E-state index is 12.8. The van der Waals surface area contributed by atoms with Crippen molar-refractivity contribution in [1.82, 2.24) is 14.5 Å². The zero-order valence-corrected chi connectivity index (χ0v) is 23.2. The van der Waals surface area contributed by atoms with Gasteiger partial charge in [-0.1, -0.05) is 49.4 Å². The van der Waals surface area contributed by atoms with Gasteiger partial charge in [0.1, 0.15) is 11.4 Å². The lowest BCUT2D eigenvalue weighted by molar-refractivity contribution is 0.00704. The third-order valence-corrected chi connectivity index (χ3v) is 6.94. The average Bonchev–Trinajstić information content (AvgIpc) is 3.57. The number of carbonyl (C=O) groups excluding carboxylic acids is 2. The Kier molecular flexibility index (Phi) is 7.42. The lowest BCUT2D eigenvalue weighted by Crippen LogP contribution is -2.32. The maximum atomic E-state index is 12.8. The van der Waals surface area contributed by atoms with Gasteiger partial charge in [-0.3, -0.25) is 0 Å². The number of aromatic nitrogens is 2. The molecule has 3 aromatic carbocycles. The molecule has 2 amide bonds. The molecule has 202 valence electrons. The highest BCUT2D eigenvalue weighted by Gasteiger charge is 2.21. The first-order valence-corrected chi connectivity index (χ1v) is 13.7. The van der Waals surface area contributed by atoms with Gasteiger partial charge < -0.3 is 19.5 Å². The number of esters is 1. The highest BCUT2D eigenvalue weighted by atomic mass is 16.6. The molecule has 0 aliphatic carbocycles. The molecule has 1 aromatic heterocycles. The standard InChI is InChI=1S/C32H36N4O3/c1-5-29-34-27-17-16-24(33-31(38)35-18-8-9-19-35)20-28(27)36(29)21-22-12-14-23(15-13-22)25-10-6-7-11-26(25)30(37)39-32(2,3)4/h6-7,10-17,20H,5,8-9,18-19,21H2,1-4H3,(H,33,38). The molecule has 0 bridgehead atoms. The second-order valence-corrected chi connectivity index (χ2v) is 11.0. The number of anilines is 1. The van der Waals surface area contributed by atoms with Crippen LogP contribution in [0.2, 0.25) is 0 Å². The summed E-state index contributed by atoms with van der Waals surface area (Å²) in [5.41, 5.74) is 5.59. The number of benzene rings is 3. The molecular formula is C32H36N4O3. The van der Waals surface area contributed by atoms with Gasteiger partial charge in [0, 0.05) is 31.7 Å². The second-order valence-electron chi connectivity index (χ2n) is 11.0. The van der Waals surface area contributed by atoms with Crippen molar-refractivity contribution < 1.29 is 14.3 Å². The van der Waals surface area contributed by atoms with E-state index in [-0.39, 0.29) is 12.0 Å². The largest absolute Gasteiger partial charge is 0.456 e. The molecule has 1 aliphatic rings. The average molecular weight is 525 g/mol. The van der Waals surface area contributed by atoms with Gasteiger partial charge in [0.25, 0.3) is 0 Å². The van der Waals surface area contributed by atoms with Crippen molar-refractivity contribution in [2.75, 3.05) is 18.4 Å². The molecule has 2 heterocycles. The SMILES string of the molecule is CCc1nc2ccc(NC(=O)N3CCCC3)cc2n1Cc1ccc(-c2ccccc2C(=O)OC(C)(C)C)cc1. The summed E-state index contributed by atoms with van der Waals surface area (Å²) in [5, 5.41) is 3.06. The van der Waals surface area contributed by atoms with Gasteiger partial charge in [0.2, 0.25) is 0 Å². The number of aryl methyl sites for hydroxylation is 1. The molecule has 4 aromatic rings. The molecule has 5 rings (SSSR count). The number of hydrogen-bond acceptors (Lipinski definition) is 4. The van der Waals surface area contributed by atoms with Crippen LogP contribution in [0.25, 0.3) is 22.2 Å². The number of rotatable bonds is 6. The number of urea groups is 1. The fraction of sp³-hybridized carbons (Fsp3) is 0.344. The molecule has 1 aliphatic heterocycles. The Hall–Kier alpha value is -4.13. The van der Waals surface area contributed by atoms with Gasteiger partial charge in [-0.05, 0) is 74.6 Å². The van der Waals surface area contributed by atoms with Crippen LogP contribution in [0.15, 0.2) is 66.7 Å². The summed E-state index contributed by atoms with van der Waals surface area (Å²) in [6, 6.07) is 21.7. The number of hydrogen-bond donors (Lipinski definition) is 1. The van der Waals surface area contributed by atoms with Gasteiger partial charge >= 0.3 is 12.0 Å². The molecule has 0 saturated carbocycles. The highest BCUT2D eigenvalue weighted by Crippen LogP contribution is 2.28. The first-order valence-electron chi connectivity index (χ1n) is 13.7. The van der Waals surface area contributed by atoms with Crippen LogP contribution >= 0.6 is 0 Å². The molecule has 1 N–H and O–H groups in total. The number of ether oxygens (including phenoxy) is 1. The predicted molar refractivity (Wildman–Crippen MR) is 155 cm³/mol. The summed E-state index contributed by atoms with van der Waals surface area (Å²) in [6.07, 6.45) is 2.92. The van der Waals surface area contributed by atoms with Gasteiger partial charge in [-0.2, -0.15) is 0 Å². The summed E-state index contributed by atoms with van der Waals surface area (Å²) < 4.78 is 7.84. The number of nitrogens with zero attached hydrogens (tertiary/aromatic N) is 3. The number of carbonyl (C=O) groups is 2. The van der Waals surface area contributed by atoms with E-state index in [1.54, 1.807) is 0 Å². The third-order valence-electron chi connectivity index (χ3n) is 6.94. The summed E-state index contributed by atoms with van der Waals surface area (Å²) in [4.78, 5) is 32.2. The molecule has 0 spiro atoms. The molecule has 7 nitrogen and oxygen atoms in total. The van der Waals surface area contributed by atoms with Crippen molar-refractivity contribution in [3.8, 4) is 11.1 Å². The molecular weight excluding hydrogens is 488 g/mol. The molecule has 0 unspecified atom stereocenters. The van der Waals surface area contributed by atoms with E-state index in [0.717, 1.165) is 71.6 Å². The van der Waals surface area contributed by atoms with Gasteiger partial charge in [-0.15, -0.1) is 0 Å². The van der Waals surface area contributed by atoms with Crippen LogP contribution in [-0.4, -0.2) is 45.1 Å². The first-order chi connectivity index (χ1) is 18.7. The minimum atomic E-state index is -0.560. The number of likely N-dealkylation sites (tertiary alicyclic amines) is 1. The second kappa shape index (κ2) is 10.9. The monoisotopic (exact) mass is 524 g/mol. The van der Waals surface area contributed by atoms with Gasteiger partial charge in [0.05, 0.1) is 16.6 Å². The number of fused-ring (bicyclic) bond motifs is 1.